The third kappa shape index (κ3) is 4.45. The molecule has 0 saturated heterocycles. The monoisotopic (exact) mass is 248 g/mol. The van der Waals surface area contributed by atoms with Crippen LogP contribution in [0, 0.1) is 5.92 Å². The van der Waals surface area contributed by atoms with E-state index in [4.69, 9.17) is 0 Å². The van der Waals surface area contributed by atoms with Crippen molar-refractivity contribution in [2.75, 3.05) is 0 Å². The molecule has 2 atom stereocenters. The van der Waals surface area contributed by atoms with Crippen molar-refractivity contribution < 1.29 is 5.11 Å². The van der Waals surface area contributed by atoms with Gasteiger partial charge in [-0.25, -0.2) is 0 Å². The maximum absolute atomic E-state index is 10.1. The molecular weight excluding hydrogens is 220 g/mol. The van der Waals surface area contributed by atoms with Crippen molar-refractivity contribution in [3.63, 3.8) is 0 Å². The van der Waals surface area contributed by atoms with Gasteiger partial charge in [-0.3, -0.25) is 0 Å². The molecule has 0 aliphatic heterocycles. The molecule has 1 heteroatoms. The van der Waals surface area contributed by atoms with Gasteiger partial charge in [0.15, 0.2) is 0 Å². The molecule has 1 aromatic rings. The third-order valence-corrected chi connectivity index (χ3v) is 3.67. The molecule has 1 nitrogen and oxygen atoms in total. The highest BCUT2D eigenvalue weighted by molar-refractivity contribution is 5.27. The Kier molecular flexibility index (Phi) is 5.40. The summed E-state index contributed by atoms with van der Waals surface area (Å²) in [5.41, 5.74) is 2.79. The normalized spacial score (nSPS) is 15.4. The first-order valence-electron chi connectivity index (χ1n) is 7.12. The molecule has 2 unspecified atom stereocenters. The van der Waals surface area contributed by atoms with Crippen molar-refractivity contribution in [1.29, 1.82) is 0 Å². The second-order valence-electron chi connectivity index (χ2n) is 6.48. The van der Waals surface area contributed by atoms with E-state index in [2.05, 4.69) is 58.9 Å². The van der Waals surface area contributed by atoms with E-state index in [9.17, 15) is 5.11 Å². The first kappa shape index (κ1) is 15.2. The van der Waals surface area contributed by atoms with Crippen molar-refractivity contribution in [3.8, 4) is 0 Å². The maximum Gasteiger partial charge on any atom is 0.0606 e. The predicted octanol–water partition coefficient (Wildman–Crippen LogP) is 4.32. The fourth-order valence-corrected chi connectivity index (χ4v) is 2.23. The minimum absolute atomic E-state index is 0.201. The topological polar surface area (TPSA) is 20.2 Å². The minimum atomic E-state index is -0.217. The Morgan fingerprint density at radius 3 is 2.11 bits per heavy atom. The van der Waals surface area contributed by atoms with Crippen molar-refractivity contribution in [2.24, 2.45) is 5.92 Å². The zero-order chi connectivity index (χ0) is 13.8. The Morgan fingerprint density at radius 1 is 1.11 bits per heavy atom. The fraction of sp³-hybridized carbons (Fsp3) is 0.647. The SMILES string of the molecule is CCCC(C)C(O)Cc1ccc(C(C)(C)C)cc1. The van der Waals surface area contributed by atoms with Gasteiger partial charge in [0.05, 0.1) is 6.10 Å². The van der Waals surface area contributed by atoms with E-state index in [-0.39, 0.29) is 11.5 Å². The molecule has 0 aromatic heterocycles. The Bertz CT molecular complexity index is 345. The molecule has 1 N–H and O–H groups in total. The molecule has 0 aliphatic rings. The highest BCUT2D eigenvalue weighted by atomic mass is 16.3. The van der Waals surface area contributed by atoms with Gasteiger partial charge in [-0.2, -0.15) is 0 Å². The van der Waals surface area contributed by atoms with Crippen LogP contribution in [0.4, 0.5) is 0 Å². The molecule has 0 radical (unpaired) electrons. The molecule has 0 heterocycles. The smallest absolute Gasteiger partial charge is 0.0606 e. The molecule has 102 valence electrons. The van der Waals surface area contributed by atoms with E-state index in [0.29, 0.717) is 5.92 Å². The molecule has 0 fully saturated rings. The third-order valence-electron chi connectivity index (χ3n) is 3.67. The maximum atomic E-state index is 10.1. The van der Waals surface area contributed by atoms with Crippen LogP contribution in [0.3, 0.4) is 0 Å². The Hall–Kier alpha value is -0.820. The van der Waals surface area contributed by atoms with Gasteiger partial charge < -0.3 is 5.11 Å². The standard InChI is InChI=1S/C17H28O/c1-6-7-13(2)16(18)12-14-8-10-15(11-9-14)17(3,4)5/h8-11,13,16,18H,6-7,12H2,1-5H3. The highest BCUT2D eigenvalue weighted by Gasteiger charge is 2.16. The first-order valence-corrected chi connectivity index (χ1v) is 7.12. The van der Waals surface area contributed by atoms with Crippen LogP contribution in [0.2, 0.25) is 0 Å². The average Bonchev–Trinajstić information content (AvgIpc) is 2.28. The van der Waals surface area contributed by atoms with Crippen LogP contribution in [-0.2, 0) is 11.8 Å². The minimum Gasteiger partial charge on any atom is -0.393 e. The summed E-state index contributed by atoms with van der Waals surface area (Å²) in [5.74, 6) is 0.386. The lowest BCUT2D eigenvalue weighted by molar-refractivity contribution is 0.111. The van der Waals surface area contributed by atoms with Crippen molar-refractivity contribution in [3.05, 3.63) is 35.4 Å². The summed E-state index contributed by atoms with van der Waals surface area (Å²) in [6, 6.07) is 8.68. The molecule has 18 heavy (non-hydrogen) atoms. The molecule has 0 spiro atoms. The first-order chi connectivity index (χ1) is 8.34. The van der Waals surface area contributed by atoms with E-state index in [0.717, 1.165) is 19.3 Å². The molecule has 0 saturated carbocycles. The van der Waals surface area contributed by atoms with Crippen LogP contribution in [0.15, 0.2) is 24.3 Å². The summed E-state index contributed by atoms with van der Waals surface area (Å²) in [5, 5.41) is 10.1. The number of aliphatic hydroxyl groups excluding tert-OH is 1. The summed E-state index contributed by atoms with van der Waals surface area (Å²) < 4.78 is 0. The number of benzene rings is 1. The zero-order valence-corrected chi connectivity index (χ0v) is 12.5. The lowest BCUT2D eigenvalue weighted by Gasteiger charge is -2.21. The summed E-state index contributed by atoms with van der Waals surface area (Å²) in [6.45, 7) is 11.0. The van der Waals surface area contributed by atoms with Crippen LogP contribution < -0.4 is 0 Å². The van der Waals surface area contributed by atoms with E-state index in [1.165, 1.54) is 11.1 Å². The largest absolute Gasteiger partial charge is 0.393 e. The lowest BCUT2D eigenvalue weighted by atomic mass is 9.86. The highest BCUT2D eigenvalue weighted by Crippen LogP contribution is 2.23. The molecule has 0 bridgehead atoms. The molecule has 1 rings (SSSR count). The van der Waals surface area contributed by atoms with Crippen LogP contribution in [0.25, 0.3) is 0 Å². The van der Waals surface area contributed by atoms with E-state index < -0.39 is 0 Å². The number of aliphatic hydroxyl groups is 1. The number of rotatable bonds is 5. The zero-order valence-electron chi connectivity index (χ0n) is 12.5. The van der Waals surface area contributed by atoms with Crippen LogP contribution in [-0.4, -0.2) is 11.2 Å². The van der Waals surface area contributed by atoms with E-state index >= 15 is 0 Å². The summed E-state index contributed by atoms with van der Waals surface area (Å²) >= 11 is 0. The quantitative estimate of drug-likeness (QED) is 0.822. The van der Waals surface area contributed by atoms with Gasteiger partial charge in [-0.1, -0.05) is 65.3 Å². The average molecular weight is 248 g/mol. The fourth-order valence-electron chi connectivity index (χ4n) is 2.23. The van der Waals surface area contributed by atoms with Crippen LogP contribution in [0.5, 0.6) is 0 Å². The Morgan fingerprint density at radius 2 is 1.67 bits per heavy atom. The van der Waals surface area contributed by atoms with Gasteiger partial charge >= 0.3 is 0 Å². The summed E-state index contributed by atoms with van der Waals surface area (Å²) in [6.07, 6.45) is 2.79. The molecule has 0 aliphatic carbocycles. The van der Waals surface area contributed by atoms with Gasteiger partial charge in [-0.05, 0) is 35.3 Å². The van der Waals surface area contributed by atoms with E-state index in [1.54, 1.807) is 0 Å². The second-order valence-corrected chi connectivity index (χ2v) is 6.48. The summed E-state index contributed by atoms with van der Waals surface area (Å²) in [7, 11) is 0. The number of hydrogen-bond acceptors (Lipinski definition) is 1. The van der Waals surface area contributed by atoms with Gasteiger partial charge in [0.1, 0.15) is 0 Å². The van der Waals surface area contributed by atoms with Crippen LogP contribution >= 0.6 is 0 Å². The molecule has 0 amide bonds. The van der Waals surface area contributed by atoms with Gasteiger partial charge in [-0.15, -0.1) is 0 Å². The summed E-state index contributed by atoms with van der Waals surface area (Å²) in [4.78, 5) is 0. The van der Waals surface area contributed by atoms with E-state index in [1.807, 2.05) is 0 Å². The van der Waals surface area contributed by atoms with Gasteiger partial charge in [0.2, 0.25) is 0 Å². The molecular formula is C17H28O. The Balaban J connectivity index is 2.64. The Labute approximate surface area is 112 Å². The lowest BCUT2D eigenvalue weighted by Crippen LogP contribution is -2.20. The number of hydrogen-bond donors (Lipinski definition) is 1. The van der Waals surface area contributed by atoms with Crippen LogP contribution in [0.1, 0.15) is 58.6 Å². The second kappa shape index (κ2) is 6.38. The van der Waals surface area contributed by atoms with Crippen molar-refractivity contribution in [1.82, 2.24) is 0 Å². The molecule has 1 aromatic carbocycles. The van der Waals surface area contributed by atoms with Gasteiger partial charge in [0, 0.05) is 0 Å². The van der Waals surface area contributed by atoms with Crippen molar-refractivity contribution in [2.45, 2.75) is 65.4 Å². The van der Waals surface area contributed by atoms with Crippen molar-refractivity contribution >= 4 is 0 Å². The van der Waals surface area contributed by atoms with Gasteiger partial charge in [0.25, 0.3) is 0 Å². The predicted molar refractivity (Wildman–Crippen MR) is 78.9 cm³/mol.